The van der Waals surface area contributed by atoms with Gasteiger partial charge in [0.1, 0.15) is 6.04 Å². The van der Waals surface area contributed by atoms with Crippen molar-refractivity contribution >= 4 is 18.0 Å². The molecule has 0 aromatic heterocycles. The first-order valence-electron chi connectivity index (χ1n) is 6.86. The number of nitrogens with zero attached hydrogens (tertiary/aromatic N) is 1. The molecule has 0 spiro atoms. The second-order valence-corrected chi connectivity index (χ2v) is 4.87. The maximum atomic E-state index is 12.1. The number of hydrogen-bond donors (Lipinski definition) is 2. The number of esters is 1. The highest BCUT2D eigenvalue weighted by molar-refractivity contribution is 5.83. The predicted octanol–water partition coefficient (Wildman–Crippen LogP) is 0.213. The molecule has 1 heterocycles. The molecule has 2 amide bonds. The number of methoxy groups -OCH3 is 2. The largest absolute Gasteiger partial charge is 0.481 e. The van der Waals surface area contributed by atoms with Gasteiger partial charge >= 0.3 is 18.0 Å². The van der Waals surface area contributed by atoms with E-state index >= 15 is 0 Å². The summed E-state index contributed by atoms with van der Waals surface area (Å²) in [6.45, 7) is 0.550. The monoisotopic (exact) mass is 302 g/mol. The van der Waals surface area contributed by atoms with Gasteiger partial charge in [-0.1, -0.05) is 0 Å². The summed E-state index contributed by atoms with van der Waals surface area (Å²) in [7, 11) is 2.68. The SMILES string of the molecule is COC(=O)C1CCCCN1C(=O)NCC(CC(=O)O)OC. The fourth-order valence-corrected chi connectivity index (χ4v) is 2.29. The Morgan fingerprint density at radius 2 is 2.05 bits per heavy atom. The van der Waals surface area contributed by atoms with E-state index in [1.54, 1.807) is 0 Å². The summed E-state index contributed by atoms with van der Waals surface area (Å²) >= 11 is 0. The molecule has 8 nitrogen and oxygen atoms in total. The van der Waals surface area contributed by atoms with Crippen LogP contribution in [0.1, 0.15) is 25.7 Å². The first-order valence-corrected chi connectivity index (χ1v) is 6.86. The van der Waals surface area contributed by atoms with E-state index < -0.39 is 30.1 Å². The van der Waals surface area contributed by atoms with E-state index in [9.17, 15) is 14.4 Å². The van der Waals surface area contributed by atoms with Crippen molar-refractivity contribution in [1.29, 1.82) is 0 Å². The molecule has 0 aromatic carbocycles. The topological polar surface area (TPSA) is 105 Å². The van der Waals surface area contributed by atoms with Crippen molar-refractivity contribution in [3.63, 3.8) is 0 Å². The molecule has 2 atom stereocenters. The van der Waals surface area contributed by atoms with Crippen LogP contribution in [-0.2, 0) is 19.1 Å². The summed E-state index contributed by atoms with van der Waals surface area (Å²) in [4.78, 5) is 35.9. The molecular formula is C13H22N2O6. The number of rotatable bonds is 6. The lowest BCUT2D eigenvalue weighted by molar-refractivity contribution is -0.147. The molecule has 2 unspecified atom stereocenters. The molecule has 1 fully saturated rings. The summed E-state index contributed by atoms with van der Waals surface area (Å²) in [5.74, 6) is -1.43. The van der Waals surface area contributed by atoms with Gasteiger partial charge in [0.2, 0.25) is 0 Å². The maximum absolute atomic E-state index is 12.1. The Labute approximate surface area is 123 Å². The number of amides is 2. The summed E-state index contributed by atoms with van der Waals surface area (Å²) in [6.07, 6.45) is 1.46. The van der Waals surface area contributed by atoms with Crippen LogP contribution in [-0.4, -0.2) is 67.4 Å². The Hall–Kier alpha value is -1.83. The van der Waals surface area contributed by atoms with Crippen molar-refractivity contribution < 1.29 is 29.0 Å². The third-order valence-electron chi connectivity index (χ3n) is 3.45. The van der Waals surface area contributed by atoms with Crippen LogP contribution < -0.4 is 5.32 Å². The molecule has 0 aliphatic carbocycles. The molecular weight excluding hydrogens is 280 g/mol. The molecule has 0 aromatic rings. The van der Waals surface area contributed by atoms with Gasteiger partial charge in [-0.2, -0.15) is 0 Å². The van der Waals surface area contributed by atoms with Crippen LogP contribution >= 0.6 is 0 Å². The van der Waals surface area contributed by atoms with Crippen LogP contribution in [0.5, 0.6) is 0 Å². The van der Waals surface area contributed by atoms with E-state index in [0.717, 1.165) is 12.8 Å². The second-order valence-electron chi connectivity index (χ2n) is 4.87. The highest BCUT2D eigenvalue weighted by Crippen LogP contribution is 2.18. The maximum Gasteiger partial charge on any atom is 0.328 e. The molecule has 0 saturated carbocycles. The third kappa shape index (κ3) is 5.22. The zero-order valence-corrected chi connectivity index (χ0v) is 12.3. The first-order chi connectivity index (χ1) is 9.99. The molecule has 1 saturated heterocycles. The molecule has 21 heavy (non-hydrogen) atoms. The second kappa shape index (κ2) is 8.46. The summed E-state index contributed by atoms with van der Waals surface area (Å²) in [5.41, 5.74) is 0. The number of nitrogens with one attached hydrogen (secondary N) is 1. The van der Waals surface area contributed by atoms with Gasteiger partial charge in [0.05, 0.1) is 19.6 Å². The van der Waals surface area contributed by atoms with Gasteiger partial charge in [-0.25, -0.2) is 9.59 Å². The summed E-state index contributed by atoms with van der Waals surface area (Å²) < 4.78 is 9.70. The number of carbonyl (C=O) groups is 3. The molecule has 1 aliphatic rings. The zero-order chi connectivity index (χ0) is 15.8. The van der Waals surface area contributed by atoms with Crippen molar-refractivity contribution in [3.8, 4) is 0 Å². The minimum Gasteiger partial charge on any atom is -0.481 e. The highest BCUT2D eigenvalue weighted by atomic mass is 16.5. The number of aliphatic carboxylic acids is 1. The molecule has 0 bridgehead atoms. The van der Waals surface area contributed by atoms with Gasteiger partial charge in [0.25, 0.3) is 0 Å². The van der Waals surface area contributed by atoms with Crippen LogP contribution in [0.3, 0.4) is 0 Å². The third-order valence-corrected chi connectivity index (χ3v) is 3.45. The van der Waals surface area contributed by atoms with Gasteiger partial charge in [-0.3, -0.25) is 4.79 Å². The molecule has 1 rings (SSSR count). The van der Waals surface area contributed by atoms with Gasteiger partial charge in [-0.15, -0.1) is 0 Å². The van der Waals surface area contributed by atoms with Gasteiger partial charge in [0.15, 0.2) is 0 Å². The number of carboxylic acid groups (broad SMARTS) is 1. The fraction of sp³-hybridized carbons (Fsp3) is 0.769. The lowest BCUT2D eigenvalue weighted by Crippen LogP contribution is -2.53. The van der Waals surface area contributed by atoms with Gasteiger partial charge in [0, 0.05) is 20.2 Å². The molecule has 0 radical (unpaired) electrons. The average Bonchev–Trinajstić information content (AvgIpc) is 2.49. The van der Waals surface area contributed by atoms with E-state index in [2.05, 4.69) is 5.32 Å². The van der Waals surface area contributed by atoms with Crippen molar-refractivity contribution in [1.82, 2.24) is 10.2 Å². The lowest BCUT2D eigenvalue weighted by Gasteiger charge is -2.34. The lowest BCUT2D eigenvalue weighted by atomic mass is 10.0. The quantitative estimate of drug-likeness (QED) is 0.680. The Kier molecular flexibility index (Phi) is 6.93. The summed E-state index contributed by atoms with van der Waals surface area (Å²) in [5, 5.41) is 11.3. The van der Waals surface area contributed by atoms with E-state index in [0.29, 0.717) is 13.0 Å². The van der Waals surface area contributed by atoms with Crippen LogP contribution in [0, 0.1) is 0 Å². The minimum atomic E-state index is -0.999. The molecule has 8 heteroatoms. The number of urea groups is 1. The predicted molar refractivity (Wildman–Crippen MR) is 72.8 cm³/mol. The number of likely N-dealkylation sites (tertiary alicyclic amines) is 1. The average molecular weight is 302 g/mol. The van der Waals surface area contributed by atoms with Crippen LogP contribution in [0.4, 0.5) is 4.79 Å². The zero-order valence-electron chi connectivity index (χ0n) is 12.3. The molecule has 120 valence electrons. The number of carboxylic acids is 1. The van der Waals surface area contributed by atoms with Crippen molar-refractivity contribution in [3.05, 3.63) is 0 Å². The van der Waals surface area contributed by atoms with Gasteiger partial charge < -0.3 is 24.8 Å². The summed E-state index contributed by atoms with van der Waals surface area (Å²) in [6, 6.07) is -0.984. The number of piperidine rings is 1. The fourth-order valence-electron chi connectivity index (χ4n) is 2.29. The number of hydrogen-bond acceptors (Lipinski definition) is 5. The van der Waals surface area contributed by atoms with Crippen LogP contribution in [0.2, 0.25) is 0 Å². The van der Waals surface area contributed by atoms with Crippen LogP contribution in [0.15, 0.2) is 0 Å². The minimum absolute atomic E-state index is 0.0754. The number of ether oxygens (including phenoxy) is 2. The normalized spacial score (nSPS) is 19.7. The van der Waals surface area contributed by atoms with Crippen molar-refractivity contribution in [2.24, 2.45) is 0 Å². The van der Waals surface area contributed by atoms with Crippen molar-refractivity contribution in [2.45, 2.75) is 37.8 Å². The Bertz CT molecular complexity index is 387. The van der Waals surface area contributed by atoms with Gasteiger partial charge in [-0.05, 0) is 19.3 Å². The standard InChI is InChI=1S/C13H22N2O6/c1-20-9(7-11(16)17)8-14-13(19)15-6-4-3-5-10(15)12(18)21-2/h9-10H,3-8H2,1-2H3,(H,14,19)(H,16,17). The van der Waals surface area contributed by atoms with Crippen molar-refractivity contribution in [2.75, 3.05) is 27.3 Å². The van der Waals surface area contributed by atoms with E-state index in [4.69, 9.17) is 14.6 Å². The Balaban J connectivity index is 2.55. The first kappa shape index (κ1) is 17.2. The molecule has 1 aliphatic heterocycles. The number of carbonyl (C=O) groups excluding carboxylic acids is 2. The molecule has 2 N–H and O–H groups in total. The van der Waals surface area contributed by atoms with Crippen LogP contribution in [0.25, 0.3) is 0 Å². The van der Waals surface area contributed by atoms with E-state index in [1.807, 2.05) is 0 Å². The highest BCUT2D eigenvalue weighted by Gasteiger charge is 2.33. The Morgan fingerprint density at radius 1 is 1.33 bits per heavy atom. The van der Waals surface area contributed by atoms with E-state index in [1.165, 1.54) is 19.1 Å². The Morgan fingerprint density at radius 3 is 2.62 bits per heavy atom. The van der Waals surface area contributed by atoms with E-state index in [-0.39, 0.29) is 13.0 Å². The smallest absolute Gasteiger partial charge is 0.328 e.